The topological polar surface area (TPSA) is 81.8 Å². The predicted molar refractivity (Wildman–Crippen MR) is 113 cm³/mol. The Labute approximate surface area is 168 Å². The van der Waals surface area contributed by atoms with Crippen molar-refractivity contribution in [1.82, 2.24) is 19.3 Å². The number of carbonyl (C=O) groups excluding carboxylic acids is 1. The molecule has 28 heavy (non-hydrogen) atoms. The molecule has 0 fully saturated rings. The van der Waals surface area contributed by atoms with Crippen molar-refractivity contribution < 1.29 is 4.79 Å². The lowest BCUT2D eigenvalue weighted by molar-refractivity contribution is -0.113. The Bertz CT molecular complexity index is 1070. The van der Waals surface area contributed by atoms with E-state index in [0.717, 1.165) is 17.8 Å². The van der Waals surface area contributed by atoms with Gasteiger partial charge in [-0.3, -0.25) is 18.8 Å². The third kappa shape index (κ3) is 3.96. The second kappa shape index (κ2) is 8.60. The molecule has 7 nitrogen and oxygen atoms in total. The number of carbonyl (C=O) groups is 1. The maximum absolute atomic E-state index is 12.9. The van der Waals surface area contributed by atoms with E-state index in [1.807, 2.05) is 45.0 Å². The fourth-order valence-electron chi connectivity index (χ4n) is 3.10. The van der Waals surface area contributed by atoms with Crippen LogP contribution in [0.2, 0.25) is 0 Å². The van der Waals surface area contributed by atoms with E-state index in [0.29, 0.717) is 29.3 Å². The number of benzene rings is 1. The lowest BCUT2D eigenvalue weighted by atomic mass is 10.1. The molecule has 0 radical (unpaired) electrons. The molecular weight excluding hydrogens is 374 g/mol. The molecule has 1 aromatic carbocycles. The highest BCUT2D eigenvalue weighted by molar-refractivity contribution is 7.99. The first-order chi connectivity index (χ1) is 13.5. The Morgan fingerprint density at radius 3 is 2.68 bits per heavy atom. The van der Waals surface area contributed by atoms with E-state index in [1.165, 1.54) is 17.3 Å². The first kappa shape index (κ1) is 20.1. The van der Waals surface area contributed by atoms with E-state index in [2.05, 4.69) is 22.3 Å². The second-order valence-corrected chi connectivity index (χ2v) is 7.38. The predicted octanol–water partition coefficient (Wildman–Crippen LogP) is 3.23. The molecule has 3 aromatic rings. The zero-order valence-electron chi connectivity index (χ0n) is 16.7. The second-order valence-electron chi connectivity index (χ2n) is 6.43. The zero-order valence-corrected chi connectivity index (χ0v) is 17.5. The van der Waals surface area contributed by atoms with Gasteiger partial charge in [-0.15, -0.1) is 0 Å². The van der Waals surface area contributed by atoms with Crippen LogP contribution in [0.3, 0.4) is 0 Å². The summed E-state index contributed by atoms with van der Waals surface area (Å²) in [6.45, 7) is 8.86. The summed E-state index contributed by atoms with van der Waals surface area (Å²) in [5, 5.41) is 7.85. The minimum Gasteiger partial charge on any atom is -0.325 e. The van der Waals surface area contributed by atoms with Crippen LogP contribution in [-0.4, -0.2) is 31.0 Å². The molecule has 1 N–H and O–H groups in total. The van der Waals surface area contributed by atoms with Crippen LogP contribution in [0.4, 0.5) is 5.69 Å². The number of hydrogen-bond acceptors (Lipinski definition) is 5. The highest BCUT2D eigenvalue weighted by atomic mass is 32.2. The fraction of sp³-hybridized carbons (Fsp3) is 0.400. The zero-order chi connectivity index (χ0) is 20.3. The first-order valence-electron chi connectivity index (χ1n) is 9.47. The summed E-state index contributed by atoms with van der Waals surface area (Å²) >= 11 is 1.27. The lowest BCUT2D eigenvalue weighted by Crippen LogP contribution is -2.25. The van der Waals surface area contributed by atoms with Crippen LogP contribution in [0.25, 0.3) is 11.0 Å². The summed E-state index contributed by atoms with van der Waals surface area (Å²) < 4.78 is 3.29. The standard InChI is InChI=1S/C20H25N5O2S/c1-5-14-9-8-10-15(11-14)21-16(26)12-28-20-22-17-13(4)23-25(7-3)18(17)19(27)24(20)6-2/h8-11H,5-7,12H2,1-4H3,(H,21,26). The molecule has 0 spiro atoms. The van der Waals surface area contributed by atoms with Crippen molar-refractivity contribution in [3.05, 3.63) is 45.9 Å². The van der Waals surface area contributed by atoms with Crippen molar-refractivity contribution in [2.45, 2.75) is 52.4 Å². The first-order valence-corrected chi connectivity index (χ1v) is 10.5. The Kier molecular flexibility index (Phi) is 6.18. The molecule has 0 bridgehead atoms. The van der Waals surface area contributed by atoms with Crippen molar-refractivity contribution in [2.24, 2.45) is 0 Å². The van der Waals surface area contributed by atoms with E-state index < -0.39 is 0 Å². The van der Waals surface area contributed by atoms with Crippen molar-refractivity contribution in [1.29, 1.82) is 0 Å². The third-order valence-corrected chi connectivity index (χ3v) is 5.53. The van der Waals surface area contributed by atoms with E-state index in [4.69, 9.17) is 0 Å². The van der Waals surface area contributed by atoms with Gasteiger partial charge in [0.15, 0.2) is 10.7 Å². The van der Waals surface area contributed by atoms with Gasteiger partial charge in [0, 0.05) is 18.8 Å². The van der Waals surface area contributed by atoms with Crippen LogP contribution in [0.1, 0.15) is 32.0 Å². The number of aryl methyl sites for hydroxylation is 3. The summed E-state index contributed by atoms with van der Waals surface area (Å²) in [5.74, 6) is 0.0474. The minimum atomic E-state index is -0.128. The van der Waals surface area contributed by atoms with Gasteiger partial charge in [0.25, 0.3) is 5.56 Å². The number of anilines is 1. The van der Waals surface area contributed by atoms with Gasteiger partial charge in [-0.05, 0) is 44.9 Å². The van der Waals surface area contributed by atoms with Crippen LogP contribution < -0.4 is 10.9 Å². The molecule has 2 aromatic heterocycles. The number of aromatic nitrogens is 4. The Morgan fingerprint density at radius 1 is 1.21 bits per heavy atom. The summed E-state index contributed by atoms with van der Waals surface area (Å²) in [7, 11) is 0. The van der Waals surface area contributed by atoms with E-state index >= 15 is 0 Å². The van der Waals surface area contributed by atoms with Gasteiger partial charge in [-0.2, -0.15) is 5.10 Å². The molecule has 8 heteroatoms. The van der Waals surface area contributed by atoms with Crippen LogP contribution in [0.15, 0.2) is 34.2 Å². The summed E-state index contributed by atoms with van der Waals surface area (Å²) in [6.07, 6.45) is 0.913. The van der Waals surface area contributed by atoms with Gasteiger partial charge in [-0.25, -0.2) is 4.98 Å². The average molecular weight is 400 g/mol. The summed E-state index contributed by atoms with van der Waals surface area (Å²) in [5.41, 5.74) is 3.68. The monoisotopic (exact) mass is 399 g/mol. The van der Waals surface area contributed by atoms with E-state index in [1.54, 1.807) is 9.25 Å². The maximum Gasteiger partial charge on any atom is 0.280 e. The van der Waals surface area contributed by atoms with Crippen molar-refractivity contribution in [3.8, 4) is 0 Å². The Balaban J connectivity index is 1.82. The van der Waals surface area contributed by atoms with Crippen molar-refractivity contribution in [3.63, 3.8) is 0 Å². The molecule has 0 unspecified atom stereocenters. The molecule has 2 heterocycles. The average Bonchev–Trinajstić information content (AvgIpc) is 3.02. The Morgan fingerprint density at radius 2 is 2.00 bits per heavy atom. The van der Waals surface area contributed by atoms with Gasteiger partial charge >= 0.3 is 0 Å². The number of nitrogens with zero attached hydrogens (tertiary/aromatic N) is 4. The molecule has 0 aliphatic heterocycles. The van der Waals surface area contributed by atoms with Gasteiger partial charge < -0.3 is 5.32 Å². The van der Waals surface area contributed by atoms with Crippen LogP contribution >= 0.6 is 11.8 Å². The van der Waals surface area contributed by atoms with Gasteiger partial charge in [0.05, 0.1) is 11.4 Å². The van der Waals surface area contributed by atoms with Crippen LogP contribution in [-0.2, 0) is 24.3 Å². The molecule has 3 rings (SSSR count). The van der Waals surface area contributed by atoms with E-state index in [-0.39, 0.29) is 17.2 Å². The van der Waals surface area contributed by atoms with Gasteiger partial charge in [0.2, 0.25) is 5.91 Å². The molecule has 0 aliphatic rings. The third-order valence-electron chi connectivity index (χ3n) is 4.55. The number of hydrogen-bond donors (Lipinski definition) is 1. The molecule has 0 atom stereocenters. The van der Waals surface area contributed by atoms with Gasteiger partial charge in [-0.1, -0.05) is 30.8 Å². The fourth-order valence-corrected chi connectivity index (χ4v) is 3.96. The van der Waals surface area contributed by atoms with Crippen molar-refractivity contribution in [2.75, 3.05) is 11.1 Å². The number of thioether (sulfide) groups is 1. The van der Waals surface area contributed by atoms with E-state index in [9.17, 15) is 9.59 Å². The molecule has 148 valence electrons. The van der Waals surface area contributed by atoms with Crippen LogP contribution in [0, 0.1) is 6.92 Å². The smallest absolute Gasteiger partial charge is 0.280 e. The van der Waals surface area contributed by atoms with Gasteiger partial charge in [0.1, 0.15) is 5.52 Å². The molecule has 0 saturated carbocycles. The van der Waals surface area contributed by atoms with Crippen LogP contribution in [0.5, 0.6) is 0 Å². The maximum atomic E-state index is 12.9. The normalized spacial score (nSPS) is 11.1. The number of rotatable bonds is 7. The summed E-state index contributed by atoms with van der Waals surface area (Å²) in [6, 6.07) is 7.80. The highest BCUT2D eigenvalue weighted by Crippen LogP contribution is 2.20. The van der Waals surface area contributed by atoms with Crippen molar-refractivity contribution >= 4 is 34.4 Å². The summed E-state index contributed by atoms with van der Waals surface area (Å²) in [4.78, 5) is 30.0. The highest BCUT2D eigenvalue weighted by Gasteiger charge is 2.18. The lowest BCUT2D eigenvalue weighted by Gasteiger charge is -2.11. The molecule has 0 saturated heterocycles. The molecule has 0 aliphatic carbocycles. The largest absolute Gasteiger partial charge is 0.325 e. The number of nitrogens with one attached hydrogen (secondary N) is 1. The quantitative estimate of drug-likeness (QED) is 0.487. The SMILES string of the molecule is CCc1cccc(NC(=O)CSc2nc3c(C)nn(CC)c3c(=O)n2CC)c1. The number of amides is 1. The molecular formula is C20H25N5O2S. The molecule has 1 amide bonds. The minimum absolute atomic E-state index is 0.117. The Hall–Kier alpha value is -2.61. The number of fused-ring (bicyclic) bond motifs is 1.